The summed E-state index contributed by atoms with van der Waals surface area (Å²) in [6, 6.07) is 14.5. The molecule has 6 heteroatoms. The Morgan fingerprint density at radius 2 is 1.69 bits per heavy atom. The molecular formula is C23H26N2O4. The second kappa shape index (κ2) is 8.82. The van der Waals surface area contributed by atoms with Gasteiger partial charge in [0.05, 0.1) is 25.0 Å². The number of amides is 2. The average Bonchev–Trinajstić information content (AvgIpc) is 2.96. The van der Waals surface area contributed by atoms with E-state index in [1.807, 2.05) is 24.3 Å². The van der Waals surface area contributed by atoms with Crippen LogP contribution in [0.2, 0.25) is 0 Å². The first-order valence-electron chi connectivity index (χ1n) is 9.70. The topological polar surface area (TPSA) is 67.9 Å². The molecule has 0 aromatic heterocycles. The molecule has 2 amide bonds. The van der Waals surface area contributed by atoms with Crippen molar-refractivity contribution in [1.29, 1.82) is 0 Å². The van der Waals surface area contributed by atoms with E-state index in [0.29, 0.717) is 41.6 Å². The van der Waals surface area contributed by atoms with E-state index in [-0.39, 0.29) is 17.5 Å². The van der Waals surface area contributed by atoms with Crippen molar-refractivity contribution in [2.24, 2.45) is 5.92 Å². The lowest BCUT2D eigenvalue weighted by Gasteiger charge is -2.13. The minimum atomic E-state index is -0.349. The summed E-state index contributed by atoms with van der Waals surface area (Å²) in [5, 5.41) is 3.12. The van der Waals surface area contributed by atoms with Gasteiger partial charge in [0.2, 0.25) is 0 Å². The van der Waals surface area contributed by atoms with Gasteiger partial charge in [-0.1, -0.05) is 38.1 Å². The van der Waals surface area contributed by atoms with Gasteiger partial charge in [-0.25, -0.2) is 0 Å². The molecule has 0 bridgehead atoms. The van der Waals surface area contributed by atoms with E-state index >= 15 is 0 Å². The summed E-state index contributed by atoms with van der Waals surface area (Å²) >= 11 is 0. The quantitative estimate of drug-likeness (QED) is 0.687. The fourth-order valence-corrected chi connectivity index (χ4v) is 3.11. The van der Waals surface area contributed by atoms with Crippen LogP contribution in [-0.2, 0) is 9.59 Å². The van der Waals surface area contributed by atoms with E-state index in [2.05, 4.69) is 19.2 Å². The molecule has 0 unspecified atom stereocenters. The van der Waals surface area contributed by atoms with Crippen molar-refractivity contribution in [3.05, 3.63) is 59.8 Å². The van der Waals surface area contributed by atoms with Gasteiger partial charge in [0.1, 0.15) is 17.2 Å². The lowest BCUT2D eigenvalue weighted by molar-refractivity contribution is -0.136. The first-order valence-corrected chi connectivity index (χ1v) is 9.70. The molecule has 0 fully saturated rings. The fraction of sp³-hybridized carbons (Fsp3) is 0.304. The minimum absolute atomic E-state index is 0.247. The first kappa shape index (κ1) is 20.5. The van der Waals surface area contributed by atoms with Crippen LogP contribution in [-0.4, -0.2) is 37.0 Å². The normalized spacial score (nSPS) is 14.0. The van der Waals surface area contributed by atoms with E-state index in [9.17, 15) is 9.59 Å². The number of hydrogen-bond acceptors (Lipinski definition) is 5. The largest absolute Gasteiger partial charge is 0.495 e. The maximum absolute atomic E-state index is 12.9. The third-order valence-corrected chi connectivity index (χ3v) is 4.58. The Labute approximate surface area is 171 Å². The molecule has 6 nitrogen and oxygen atoms in total. The number of nitrogens with zero attached hydrogens (tertiary/aromatic N) is 1. The average molecular weight is 394 g/mol. The maximum atomic E-state index is 12.9. The van der Waals surface area contributed by atoms with E-state index in [1.165, 1.54) is 4.90 Å². The zero-order chi connectivity index (χ0) is 21.0. The van der Waals surface area contributed by atoms with Crippen LogP contribution in [0.1, 0.15) is 26.3 Å². The SMILES string of the molecule is CCN1C(=O)C(Nc2ccccc2OC)=C(c2ccc(OCC(C)C)cc2)C1=O. The summed E-state index contributed by atoms with van der Waals surface area (Å²) in [7, 11) is 1.56. The monoisotopic (exact) mass is 394 g/mol. The molecule has 0 aliphatic carbocycles. The van der Waals surface area contributed by atoms with Crippen molar-refractivity contribution in [3.63, 3.8) is 0 Å². The predicted molar refractivity (Wildman–Crippen MR) is 113 cm³/mol. The molecule has 152 valence electrons. The molecule has 2 aromatic rings. The zero-order valence-corrected chi connectivity index (χ0v) is 17.2. The maximum Gasteiger partial charge on any atom is 0.278 e. The Balaban J connectivity index is 1.98. The van der Waals surface area contributed by atoms with Gasteiger partial charge in [-0.2, -0.15) is 0 Å². The number of likely N-dealkylation sites (N-methyl/N-ethyl adjacent to an activating group) is 1. The van der Waals surface area contributed by atoms with Crippen LogP contribution in [0.5, 0.6) is 11.5 Å². The van der Waals surface area contributed by atoms with Crippen LogP contribution in [0.15, 0.2) is 54.2 Å². The lowest BCUT2D eigenvalue weighted by Crippen LogP contribution is -2.32. The highest BCUT2D eigenvalue weighted by Gasteiger charge is 2.38. The van der Waals surface area contributed by atoms with Crippen LogP contribution >= 0.6 is 0 Å². The number of benzene rings is 2. The highest BCUT2D eigenvalue weighted by Crippen LogP contribution is 2.33. The second-order valence-electron chi connectivity index (χ2n) is 7.16. The van der Waals surface area contributed by atoms with Crippen LogP contribution in [0.3, 0.4) is 0 Å². The van der Waals surface area contributed by atoms with Crippen LogP contribution in [0.4, 0.5) is 5.69 Å². The number of imide groups is 1. The standard InChI is InChI=1S/C23H26N2O4/c1-5-25-22(26)20(16-10-12-17(13-11-16)29-14-15(2)3)21(23(25)27)24-18-8-6-7-9-19(18)28-4/h6-13,15,24H,5,14H2,1-4H3. The van der Waals surface area contributed by atoms with E-state index in [4.69, 9.17) is 9.47 Å². The van der Waals surface area contributed by atoms with Crippen LogP contribution in [0.25, 0.3) is 5.57 Å². The molecule has 1 N–H and O–H groups in total. The van der Waals surface area contributed by atoms with Gasteiger partial charge < -0.3 is 14.8 Å². The Kier molecular flexibility index (Phi) is 6.22. The van der Waals surface area contributed by atoms with Gasteiger partial charge in [0, 0.05) is 6.54 Å². The van der Waals surface area contributed by atoms with E-state index < -0.39 is 0 Å². The third kappa shape index (κ3) is 4.26. The number of anilines is 1. The van der Waals surface area contributed by atoms with Gasteiger partial charge in [0.25, 0.3) is 11.8 Å². The molecule has 0 spiro atoms. The number of para-hydroxylation sites is 2. The Bertz CT molecular complexity index is 932. The highest BCUT2D eigenvalue weighted by molar-refractivity contribution is 6.36. The van der Waals surface area contributed by atoms with Crippen molar-refractivity contribution < 1.29 is 19.1 Å². The summed E-state index contributed by atoms with van der Waals surface area (Å²) in [6.07, 6.45) is 0. The molecule has 0 saturated heterocycles. The van der Waals surface area contributed by atoms with Gasteiger partial charge in [-0.15, -0.1) is 0 Å². The van der Waals surface area contributed by atoms with Crippen molar-refractivity contribution in [1.82, 2.24) is 4.90 Å². The third-order valence-electron chi connectivity index (χ3n) is 4.58. The van der Waals surface area contributed by atoms with Crippen molar-refractivity contribution in [3.8, 4) is 11.5 Å². The molecule has 1 heterocycles. The lowest BCUT2D eigenvalue weighted by atomic mass is 10.0. The number of methoxy groups -OCH3 is 1. The Morgan fingerprint density at radius 1 is 1.00 bits per heavy atom. The van der Waals surface area contributed by atoms with Crippen LogP contribution in [0, 0.1) is 5.92 Å². The van der Waals surface area contributed by atoms with Crippen molar-refractivity contribution in [2.75, 3.05) is 25.6 Å². The molecule has 29 heavy (non-hydrogen) atoms. The fourth-order valence-electron chi connectivity index (χ4n) is 3.11. The number of carbonyl (C=O) groups excluding carboxylic acids is 2. The minimum Gasteiger partial charge on any atom is -0.495 e. The highest BCUT2D eigenvalue weighted by atomic mass is 16.5. The Morgan fingerprint density at radius 3 is 2.31 bits per heavy atom. The molecule has 1 aliphatic heterocycles. The number of rotatable bonds is 8. The van der Waals surface area contributed by atoms with Crippen LogP contribution < -0.4 is 14.8 Å². The Hall–Kier alpha value is -3.28. The van der Waals surface area contributed by atoms with Gasteiger partial charge in [-0.05, 0) is 42.7 Å². The number of ether oxygens (including phenoxy) is 2. The van der Waals surface area contributed by atoms with Crippen molar-refractivity contribution >= 4 is 23.1 Å². The summed E-state index contributed by atoms with van der Waals surface area (Å²) in [4.78, 5) is 27.1. The van der Waals surface area contributed by atoms with Gasteiger partial charge in [0.15, 0.2) is 0 Å². The number of carbonyl (C=O) groups is 2. The van der Waals surface area contributed by atoms with Gasteiger partial charge >= 0.3 is 0 Å². The van der Waals surface area contributed by atoms with Crippen molar-refractivity contribution in [2.45, 2.75) is 20.8 Å². The van der Waals surface area contributed by atoms with Gasteiger partial charge in [-0.3, -0.25) is 14.5 Å². The summed E-state index contributed by atoms with van der Waals surface area (Å²) in [5.74, 6) is 1.07. The molecule has 1 aliphatic rings. The molecular weight excluding hydrogens is 368 g/mol. The predicted octanol–water partition coefficient (Wildman–Crippen LogP) is 3.94. The van der Waals surface area contributed by atoms with E-state index in [1.54, 1.807) is 38.3 Å². The number of hydrogen-bond donors (Lipinski definition) is 1. The number of nitrogens with one attached hydrogen (secondary N) is 1. The second-order valence-corrected chi connectivity index (χ2v) is 7.16. The molecule has 0 atom stereocenters. The summed E-state index contributed by atoms with van der Waals surface area (Å²) in [6.45, 7) is 6.86. The first-order chi connectivity index (χ1) is 14.0. The molecule has 2 aromatic carbocycles. The smallest absolute Gasteiger partial charge is 0.278 e. The molecule has 3 rings (SSSR count). The molecule has 0 saturated carbocycles. The molecule has 0 radical (unpaired) electrons. The summed E-state index contributed by atoms with van der Waals surface area (Å²) in [5.41, 5.74) is 1.88. The van der Waals surface area contributed by atoms with E-state index in [0.717, 1.165) is 5.75 Å². The zero-order valence-electron chi connectivity index (χ0n) is 17.2. The summed E-state index contributed by atoms with van der Waals surface area (Å²) < 4.78 is 11.1.